The SMILES string of the molecule is COCCC(C)Nc1nc2c(cc1C#N)CCC2. The standard InChI is InChI=1S/C14H19N3O/c1-10(6-7-18-2)16-14-12(9-15)8-11-4-3-5-13(11)17-14/h8,10H,3-7H2,1-2H3,(H,16,17). The Balaban J connectivity index is 2.14. The third kappa shape index (κ3) is 2.80. The van der Waals surface area contributed by atoms with Crippen LogP contribution >= 0.6 is 0 Å². The van der Waals surface area contributed by atoms with Gasteiger partial charge in [-0.25, -0.2) is 4.98 Å². The van der Waals surface area contributed by atoms with Gasteiger partial charge in [0.15, 0.2) is 0 Å². The normalized spacial score (nSPS) is 14.9. The summed E-state index contributed by atoms with van der Waals surface area (Å²) in [6, 6.07) is 4.47. The summed E-state index contributed by atoms with van der Waals surface area (Å²) in [5.74, 6) is 0.724. The fraction of sp³-hybridized carbons (Fsp3) is 0.571. The maximum absolute atomic E-state index is 9.18. The number of rotatable bonds is 5. The van der Waals surface area contributed by atoms with Gasteiger partial charge in [-0.15, -0.1) is 0 Å². The number of anilines is 1. The second-order valence-electron chi connectivity index (χ2n) is 4.78. The van der Waals surface area contributed by atoms with Crippen LogP contribution in [0.4, 0.5) is 5.82 Å². The fourth-order valence-corrected chi connectivity index (χ4v) is 2.27. The summed E-state index contributed by atoms with van der Waals surface area (Å²) in [5.41, 5.74) is 3.04. The van der Waals surface area contributed by atoms with Gasteiger partial charge in [0.1, 0.15) is 11.9 Å². The molecule has 18 heavy (non-hydrogen) atoms. The number of nitriles is 1. The molecule has 1 atom stereocenters. The minimum Gasteiger partial charge on any atom is -0.385 e. The summed E-state index contributed by atoms with van der Waals surface area (Å²) in [4.78, 5) is 4.60. The van der Waals surface area contributed by atoms with Crippen molar-refractivity contribution in [2.75, 3.05) is 19.0 Å². The van der Waals surface area contributed by atoms with Crippen molar-refractivity contribution in [2.24, 2.45) is 0 Å². The Morgan fingerprint density at radius 2 is 2.39 bits per heavy atom. The lowest BCUT2D eigenvalue weighted by atomic mass is 10.1. The minimum atomic E-state index is 0.254. The van der Waals surface area contributed by atoms with Gasteiger partial charge >= 0.3 is 0 Å². The van der Waals surface area contributed by atoms with Crippen molar-refractivity contribution in [1.82, 2.24) is 4.98 Å². The van der Waals surface area contributed by atoms with Crippen LogP contribution in [-0.2, 0) is 17.6 Å². The van der Waals surface area contributed by atoms with Crippen LogP contribution in [0.3, 0.4) is 0 Å². The molecule has 0 aromatic carbocycles. The summed E-state index contributed by atoms with van der Waals surface area (Å²) < 4.78 is 5.06. The molecule has 1 unspecified atom stereocenters. The molecule has 0 aliphatic heterocycles. The van der Waals surface area contributed by atoms with Crippen molar-refractivity contribution in [3.8, 4) is 6.07 Å². The number of nitrogens with zero attached hydrogens (tertiary/aromatic N) is 2. The fourth-order valence-electron chi connectivity index (χ4n) is 2.27. The first-order chi connectivity index (χ1) is 8.74. The number of pyridine rings is 1. The van der Waals surface area contributed by atoms with Crippen molar-refractivity contribution in [1.29, 1.82) is 5.26 Å². The van der Waals surface area contributed by atoms with Crippen LogP contribution in [0.5, 0.6) is 0 Å². The Morgan fingerprint density at radius 3 is 3.11 bits per heavy atom. The molecule has 1 aromatic rings. The Hall–Kier alpha value is -1.60. The van der Waals surface area contributed by atoms with Gasteiger partial charge in [-0.3, -0.25) is 0 Å². The number of methoxy groups -OCH3 is 1. The maximum Gasteiger partial charge on any atom is 0.144 e. The molecule has 0 amide bonds. The molecular formula is C14H19N3O. The average Bonchev–Trinajstić information content (AvgIpc) is 2.82. The molecule has 0 saturated heterocycles. The number of fused-ring (bicyclic) bond motifs is 1. The van der Waals surface area contributed by atoms with E-state index in [1.807, 2.05) is 6.07 Å². The third-order valence-electron chi connectivity index (χ3n) is 3.31. The van der Waals surface area contributed by atoms with Gasteiger partial charge in [0.05, 0.1) is 5.56 Å². The topological polar surface area (TPSA) is 57.9 Å². The molecule has 4 nitrogen and oxygen atoms in total. The monoisotopic (exact) mass is 245 g/mol. The zero-order valence-electron chi connectivity index (χ0n) is 11.0. The van der Waals surface area contributed by atoms with Gasteiger partial charge in [0, 0.05) is 25.5 Å². The molecule has 96 valence electrons. The lowest BCUT2D eigenvalue weighted by molar-refractivity contribution is 0.191. The first-order valence-electron chi connectivity index (χ1n) is 6.43. The highest BCUT2D eigenvalue weighted by molar-refractivity contribution is 5.55. The van der Waals surface area contributed by atoms with Gasteiger partial charge < -0.3 is 10.1 Å². The first kappa shape index (κ1) is 12.8. The number of nitrogens with one attached hydrogen (secondary N) is 1. The highest BCUT2D eigenvalue weighted by atomic mass is 16.5. The van der Waals surface area contributed by atoms with Gasteiger partial charge in [-0.2, -0.15) is 5.26 Å². The molecule has 2 rings (SSSR count). The summed E-state index contributed by atoms with van der Waals surface area (Å²) in [6.45, 7) is 2.79. The Bertz CT molecular complexity index is 465. The molecular weight excluding hydrogens is 226 g/mol. The van der Waals surface area contributed by atoms with Crippen LogP contribution in [-0.4, -0.2) is 24.7 Å². The molecule has 4 heteroatoms. The maximum atomic E-state index is 9.18. The lowest BCUT2D eigenvalue weighted by Gasteiger charge is -2.16. The van der Waals surface area contributed by atoms with Crippen molar-refractivity contribution in [2.45, 2.75) is 38.6 Å². The molecule has 1 aliphatic rings. The summed E-state index contributed by atoms with van der Waals surface area (Å²) in [6.07, 6.45) is 4.13. The molecule has 0 spiro atoms. The molecule has 1 aliphatic carbocycles. The number of aryl methyl sites for hydroxylation is 2. The van der Waals surface area contributed by atoms with Crippen LogP contribution in [0.2, 0.25) is 0 Å². The van der Waals surface area contributed by atoms with Crippen molar-refractivity contribution in [3.05, 3.63) is 22.9 Å². The van der Waals surface area contributed by atoms with Crippen LogP contribution in [0.1, 0.15) is 36.6 Å². The summed E-state index contributed by atoms with van der Waals surface area (Å²) in [7, 11) is 1.70. The second kappa shape index (κ2) is 5.83. The van der Waals surface area contributed by atoms with E-state index in [4.69, 9.17) is 4.74 Å². The lowest BCUT2D eigenvalue weighted by Crippen LogP contribution is -2.19. The molecule has 0 bridgehead atoms. The first-order valence-corrected chi connectivity index (χ1v) is 6.43. The van der Waals surface area contributed by atoms with Gasteiger partial charge in [0.2, 0.25) is 0 Å². The van der Waals surface area contributed by atoms with Gasteiger partial charge in [-0.05, 0) is 44.2 Å². The zero-order valence-corrected chi connectivity index (χ0v) is 11.0. The molecule has 1 heterocycles. The van der Waals surface area contributed by atoms with Crippen LogP contribution in [0.25, 0.3) is 0 Å². The number of hydrogen-bond donors (Lipinski definition) is 1. The largest absolute Gasteiger partial charge is 0.385 e. The van der Waals surface area contributed by atoms with Crippen molar-refractivity contribution < 1.29 is 4.74 Å². The van der Waals surface area contributed by atoms with E-state index in [1.165, 1.54) is 5.56 Å². The van der Waals surface area contributed by atoms with E-state index in [9.17, 15) is 5.26 Å². The van der Waals surface area contributed by atoms with E-state index in [2.05, 4.69) is 23.3 Å². The quantitative estimate of drug-likeness (QED) is 0.864. The average molecular weight is 245 g/mol. The van der Waals surface area contributed by atoms with E-state index in [1.54, 1.807) is 7.11 Å². The van der Waals surface area contributed by atoms with E-state index in [0.29, 0.717) is 12.2 Å². The highest BCUT2D eigenvalue weighted by Crippen LogP contribution is 2.25. The van der Waals surface area contributed by atoms with Gasteiger partial charge in [0.25, 0.3) is 0 Å². The van der Waals surface area contributed by atoms with E-state index in [0.717, 1.165) is 37.2 Å². The van der Waals surface area contributed by atoms with E-state index in [-0.39, 0.29) is 6.04 Å². The smallest absolute Gasteiger partial charge is 0.144 e. The third-order valence-corrected chi connectivity index (χ3v) is 3.31. The predicted octanol–water partition coefficient (Wildman–Crippen LogP) is 2.28. The van der Waals surface area contributed by atoms with Gasteiger partial charge in [-0.1, -0.05) is 0 Å². The highest BCUT2D eigenvalue weighted by Gasteiger charge is 2.17. The van der Waals surface area contributed by atoms with Crippen LogP contribution in [0.15, 0.2) is 6.07 Å². The van der Waals surface area contributed by atoms with Crippen LogP contribution in [0, 0.1) is 11.3 Å². The Labute approximate surface area is 108 Å². The Morgan fingerprint density at radius 1 is 1.56 bits per heavy atom. The van der Waals surface area contributed by atoms with Crippen molar-refractivity contribution in [3.63, 3.8) is 0 Å². The summed E-state index contributed by atoms with van der Waals surface area (Å²) >= 11 is 0. The van der Waals surface area contributed by atoms with Crippen molar-refractivity contribution >= 4 is 5.82 Å². The predicted molar refractivity (Wildman–Crippen MR) is 70.6 cm³/mol. The van der Waals surface area contributed by atoms with E-state index >= 15 is 0 Å². The number of aromatic nitrogens is 1. The molecule has 0 fully saturated rings. The second-order valence-corrected chi connectivity index (χ2v) is 4.78. The minimum absolute atomic E-state index is 0.254. The molecule has 1 aromatic heterocycles. The zero-order chi connectivity index (χ0) is 13.0. The number of hydrogen-bond acceptors (Lipinski definition) is 4. The van der Waals surface area contributed by atoms with Crippen LogP contribution < -0.4 is 5.32 Å². The Kier molecular flexibility index (Phi) is 4.16. The number of ether oxygens (including phenoxy) is 1. The molecule has 0 radical (unpaired) electrons. The van der Waals surface area contributed by atoms with E-state index < -0.39 is 0 Å². The molecule has 0 saturated carbocycles. The summed E-state index contributed by atoms with van der Waals surface area (Å²) in [5, 5.41) is 12.5. The molecule has 1 N–H and O–H groups in total.